The van der Waals surface area contributed by atoms with Crippen molar-refractivity contribution in [2.75, 3.05) is 5.73 Å². The molecule has 0 aliphatic heterocycles. The molecule has 2 rings (SSSR count). The molecule has 2 aromatic carbocycles. The van der Waals surface area contributed by atoms with Crippen LogP contribution in [0.2, 0.25) is 0 Å². The number of anilines is 1. The quantitative estimate of drug-likeness (QED) is 0.678. The minimum absolute atomic E-state index is 0.0429. The number of aryl methyl sites for hydroxylation is 1. The minimum atomic E-state index is -0.0429. The molecule has 0 unspecified atom stereocenters. The summed E-state index contributed by atoms with van der Waals surface area (Å²) < 4.78 is 0.995. The first-order valence-corrected chi connectivity index (χ1v) is 6.04. The molecule has 2 aromatic rings. The molecule has 0 fully saturated rings. The Morgan fingerprint density at radius 1 is 1.18 bits per heavy atom. The third-order valence-electron chi connectivity index (χ3n) is 2.63. The van der Waals surface area contributed by atoms with Crippen molar-refractivity contribution in [2.45, 2.75) is 6.92 Å². The number of nitrogen functional groups attached to an aromatic ring is 1. The van der Waals surface area contributed by atoms with Crippen LogP contribution in [0.4, 0.5) is 5.69 Å². The molecule has 3 heteroatoms. The molecule has 0 bridgehead atoms. The van der Waals surface area contributed by atoms with E-state index >= 15 is 0 Å². The van der Waals surface area contributed by atoms with Gasteiger partial charge in [0.25, 0.3) is 0 Å². The molecule has 86 valence electrons. The van der Waals surface area contributed by atoms with Gasteiger partial charge in [-0.15, -0.1) is 0 Å². The fraction of sp³-hybridized carbons (Fsp3) is 0.0714. The zero-order valence-electron chi connectivity index (χ0n) is 9.41. The van der Waals surface area contributed by atoms with Crippen molar-refractivity contribution >= 4 is 27.4 Å². The average Bonchev–Trinajstić information content (AvgIpc) is 2.32. The molecule has 0 radical (unpaired) electrons. The lowest BCUT2D eigenvalue weighted by molar-refractivity contribution is 0.103. The highest BCUT2D eigenvalue weighted by atomic mass is 79.9. The van der Waals surface area contributed by atoms with Crippen LogP contribution in [0, 0.1) is 6.92 Å². The lowest BCUT2D eigenvalue weighted by atomic mass is 10.0. The Balaban J connectivity index is 2.44. The monoisotopic (exact) mass is 289 g/mol. The maximum Gasteiger partial charge on any atom is 0.195 e. The van der Waals surface area contributed by atoms with Gasteiger partial charge in [0.1, 0.15) is 0 Å². The number of benzene rings is 2. The van der Waals surface area contributed by atoms with E-state index < -0.39 is 0 Å². The van der Waals surface area contributed by atoms with Gasteiger partial charge in [0.05, 0.1) is 0 Å². The summed E-state index contributed by atoms with van der Waals surface area (Å²) in [4.78, 5) is 12.2. The molecule has 0 amide bonds. The zero-order chi connectivity index (χ0) is 12.4. The van der Waals surface area contributed by atoms with Gasteiger partial charge in [0, 0.05) is 21.3 Å². The highest BCUT2D eigenvalue weighted by molar-refractivity contribution is 9.10. The molecule has 0 saturated carbocycles. The highest BCUT2D eigenvalue weighted by Gasteiger charge is 2.12. The largest absolute Gasteiger partial charge is 0.398 e. The van der Waals surface area contributed by atoms with Crippen LogP contribution in [-0.4, -0.2) is 5.78 Å². The first kappa shape index (κ1) is 11.9. The van der Waals surface area contributed by atoms with E-state index in [0.717, 1.165) is 10.0 Å². The van der Waals surface area contributed by atoms with E-state index in [1.165, 1.54) is 0 Å². The van der Waals surface area contributed by atoms with E-state index in [-0.39, 0.29) is 5.78 Å². The van der Waals surface area contributed by atoms with Crippen molar-refractivity contribution in [3.05, 3.63) is 63.6 Å². The molecule has 0 saturated heterocycles. The second kappa shape index (κ2) is 4.72. The summed E-state index contributed by atoms with van der Waals surface area (Å²) in [6.07, 6.45) is 0. The highest BCUT2D eigenvalue weighted by Crippen LogP contribution is 2.21. The van der Waals surface area contributed by atoms with Gasteiger partial charge < -0.3 is 5.73 Å². The molecule has 0 atom stereocenters. The lowest BCUT2D eigenvalue weighted by Gasteiger charge is -2.06. The summed E-state index contributed by atoms with van der Waals surface area (Å²) in [5.41, 5.74) is 8.55. The molecule has 0 aliphatic rings. The predicted molar refractivity (Wildman–Crippen MR) is 73.2 cm³/mol. The number of rotatable bonds is 2. The van der Waals surface area contributed by atoms with E-state index in [0.29, 0.717) is 16.8 Å². The Kier molecular flexibility index (Phi) is 3.29. The van der Waals surface area contributed by atoms with E-state index in [4.69, 9.17) is 5.73 Å². The number of nitrogens with two attached hydrogens (primary N) is 1. The molecule has 0 aromatic heterocycles. The molecular formula is C14H12BrNO. The molecule has 2 N–H and O–H groups in total. The lowest BCUT2D eigenvalue weighted by Crippen LogP contribution is -2.05. The Morgan fingerprint density at radius 2 is 1.88 bits per heavy atom. The fourth-order valence-corrected chi connectivity index (χ4v) is 1.89. The number of para-hydroxylation sites is 1. The van der Waals surface area contributed by atoms with Gasteiger partial charge >= 0.3 is 0 Å². The van der Waals surface area contributed by atoms with E-state index in [2.05, 4.69) is 15.9 Å². The van der Waals surface area contributed by atoms with Crippen molar-refractivity contribution in [3.63, 3.8) is 0 Å². The standard InChI is InChI=1S/C14H12BrNO/c1-9-8-10(6-7-12(9)15)14(17)11-4-2-3-5-13(11)16/h2-8H,16H2,1H3. The van der Waals surface area contributed by atoms with E-state index in [9.17, 15) is 4.79 Å². The van der Waals surface area contributed by atoms with E-state index in [1.54, 1.807) is 18.2 Å². The number of halogens is 1. The second-order valence-electron chi connectivity index (χ2n) is 3.88. The number of carbonyl (C=O) groups is 1. The summed E-state index contributed by atoms with van der Waals surface area (Å²) in [6, 6.07) is 12.6. The Bertz CT molecular complexity index is 578. The van der Waals surface area contributed by atoms with Gasteiger partial charge in [0.2, 0.25) is 0 Å². The third-order valence-corrected chi connectivity index (χ3v) is 3.52. The molecule has 0 aliphatic carbocycles. The van der Waals surface area contributed by atoms with Gasteiger partial charge in [0.15, 0.2) is 5.78 Å². The van der Waals surface area contributed by atoms with Crippen LogP contribution in [0.3, 0.4) is 0 Å². The van der Waals surface area contributed by atoms with Gasteiger partial charge in [-0.1, -0.05) is 28.1 Å². The van der Waals surface area contributed by atoms with Crippen molar-refractivity contribution in [3.8, 4) is 0 Å². The van der Waals surface area contributed by atoms with Crippen LogP contribution in [0.1, 0.15) is 21.5 Å². The Morgan fingerprint density at radius 3 is 2.53 bits per heavy atom. The van der Waals surface area contributed by atoms with Gasteiger partial charge in [-0.3, -0.25) is 4.79 Å². The number of carbonyl (C=O) groups excluding carboxylic acids is 1. The van der Waals surface area contributed by atoms with Crippen LogP contribution in [0.25, 0.3) is 0 Å². The first-order valence-electron chi connectivity index (χ1n) is 5.25. The molecule has 17 heavy (non-hydrogen) atoms. The minimum Gasteiger partial charge on any atom is -0.398 e. The molecule has 0 heterocycles. The Hall–Kier alpha value is -1.61. The predicted octanol–water partition coefficient (Wildman–Crippen LogP) is 3.57. The summed E-state index contributed by atoms with van der Waals surface area (Å²) in [5, 5.41) is 0. The van der Waals surface area contributed by atoms with Crippen LogP contribution in [-0.2, 0) is 0 Å². The van der Waals surface area contributed by atoms with Crippen LogP contribution in [0.5, 0.6) is 0 Å². The molecule has 0 spiro atoms. The summed E-state index contributed by atoms with van der Waals surface area (Å²) in [7, 11) is 0. The molecular weight excluding hydrogens is 278 g/mol. The van der Waals surface area contributed by atoms with Crippen molar-refractivity contribution in [2.24, 2.45) is 0 Å². The zero-order valence-corrected chi connectivity index (χ0v) is 11.0. The van der Waals surface area contributed by atoms with Gasteiger partial charge in [-0.25, -0.2) is 0 Å². The SMILES string of the molecule is Cc1cc(C(=O)c2ccccc2N)ccc1Br. The number of hydrogen-bond donors (Lipinski definition) is 1. The molecule has 2 nitrogen and oxygen atoms in total. The second-order valence-corrected chi connectivity index (χ2v) is 4.73. The summed E-state index contributed by atoms with van der Waals surface area (Å²) in [5.74, 6) is -0.0429. The normalized spacial score (nSPS) is 10.2. The van der Waals surface area contributed by atoms with Gasteiger partial charge in [-0.2, -0.15) is 0 Å². The van der Waals surface area contributed by atoms with Gasteiger partial charge in [-0.05, 0) is 42.8 Å². The van der Waals surface area contributed by atoms with Crippen LogP contribution < -0.4 is 5.73 Å². The number of hydrogen-bond acceptors (Lipinski definition) is 2. The van der Waals surface area contributed by atoms with Crippen molar-refractivity contribution in [1.29, 1.82) is 0 Å². The maximum atomic E-state index is 12.2. The fourth-order valence-electron chi connectivity index (χ4n) is 1.65. The first-order chi connectivity index (χ1) is 8.09. The smallest absolute Gasteiger partial charge is 0.195 e. The Labute approximate surface area is 109 Å². The van der Waals surface area contributed by atoms with Crippen LogP contribution >= 0.6 is 15.9 Å². The van der Waals surface area contributed by atoms with Crippen molar-refractivity contribution < 1.29 is 4.79 Å². The topological polar surface area (TPSA) is 43.1 Å². The average molecular weight is 290 g/mol. The maximum absolute atomic E-state index is 12.2. The summed E-state index contributed by atoms with van der Waals surface area (Å²) >= 11 is 3.41. The number of ketones is 1. The third kappa shape index (κ3) is 2.39. The van der Waals surface area contributed by atoms with E-state index in [1.807, 2.05) is 31.2 Å². The summed E-state index contributed by atoms with van der Waals surface area (Å²) in [6.45, 7) is 1.95. The van der Waals surface area contributed by atoms with Crippen LogP contribution in [0.15, 0.2) is 46.9 Å². The van der Waals surface area contributed by atoms with Crippen molar-refractivity contribution in [1.82, 2.24) is 0 Å².